The van der Waals surface area contributed by atoms with Crippen LogP contribution in [0.25, 0.3) is 0 Å². The molecule has 0 amide bonds. The van der Waals surface area contributed by atoms with E-state index in [1.807, 2.05) is 24.4 Å². The highest BCUT2D eigenvalue weighted by molar-refractivity contribution is 5.79. The molecule has 13 heavy (non-hydrogen) atoms. The summed E-state index contributed by atoms with van der Waals surface area (Å²) < 4.78 is 0. The van der Waals surface area contributed by atoms with Gasteiger partial charge in [-0.15, -0.1) is 0 Å². The topological polar surface area (TPSA) is 12.4 Å². The lowest BCUT2D eigenvalue weighted by Crippen LogP contribution is -1.91. The average molecular weight is 174 g/mol. The van der Waals surface area contributed by atoms with Crippen LogP contribution >= 0.6 is 0 Å². The molecule has 0 aliphatic heterocycles. The van der Waals surface area contributed by atoms with Gasteiger partial charge >= 0.3 is 0 Å². The third-order valence-electron chi connectivity index (χ3n) is 1.79. The van der Waals surface area contributed by atoms with Crippen molar-refractivity contribution in [1.82, 2.24) is 0 Å². The fourth-order valence-electron chi connectivity index (χ4n) is 1.00. The van der Waals surface area contributed by atoms with Crippen LogP contribution in [0.1, 0.15) is 18.9 Å². The van der Waals surface area contributed by atoms with Crippen LogP contribution in [0.15, 0.2) is 35.3 Å². The Hall–Kier alpha value is -1.11. The summed E-state index contributed by atoms with van der Waals surface area (Å²) >= 11 is 0. The fraction of sp³-hybridized carbons (Fsp3) is 0.333. The van der Waals surface area contributed by atoms with Crippen LogP contribution in [0.4, 0.5) is 0 Å². The fourth-order valence-corrected chi connectivity index (χ4v) is 1.00. The predicted molar refractivity (Wildman–Crippen MR) is 58.0 cm³/mol. The van der Waals surface area contributed by atoms with Crippen LogP contribution in [-0.4, -0.2) is 12.8 Å². The summed E-state index contributed by atoms with van der Waals surface area (Å²) in [5.41, 5.74) is 1.17. The Morgan fingerprint density at radius 1 is 1.38 bits per heavy atom. The standard InChI is InChI=1S/C12H16N/c1-11(2)8-9-13-10-12-6-4-3-5-7-12/h3-7,10-11H,1,8-9H2,2H3. The molecule has 1 unspecified atom stereocenters. The van der Waals surface area contributed by atoms with Gasteiger partial charge in [0.2, 0.25) is 0 Å². The van der Waals surface area contributed by atoms with Crippen molar-refractivity contribution in [2.45, 2.75) is 13.3 Å². The number of aliphatic imine (C=N–C) groups is 1. The maximum Gasteiger partial charge on any atom is 0.0392 e. The Bertz CT molecular complexity index is 249. The molecule has 0 saturated carbocycles. The molecular formula is C12H16N. The molecule has 1 heteroatoms. The first-order valence-corrected chi connectivity index (χ1v) is 4.67. The molecule has 0 aliphatic rings. The van der Waals surface area contributed by atoms with E-state index in [0.29, 0.717) is 5.92 Å². The van der Waals surface area contributed by atoms with E-state index in [4.69, 9.17) is 0 Å². The minimum atomic E-state index is 0.493. The van der Waals surface area contributed by atoms with Crippen molar-refractivity contribution in [3.8, 4) is 0 Å². The maximum atomic E-state index is 4.32. The number of rotatable bonds is 4. The van der Waals surface area contributed by atoms with Crippen molar-refractivity contribution >= 4 is 6.21 Å². The lowest BCUT2D eigenvalue weighted by atomic mass is 10.1. The maximum absolute atomic E-state index is 4.32. The normalized spacial score (nSPS) is 11.3. The quantitative estimate of drug-likeness (QED) is 0.622. The molecule has 1 atom stereocenters. The Morgan fingerprint density at radius 3 is 2.69 bits per heavy atom. The van der Waals surface area contributed by atoms with Gasteiger partial charge in [0.25, 0.3) is 0 Å². The van der Waals surface area contributed by atoms with Crippen LogP contribution in [-0.2, 0) is 0 Å². The van der Waals surface area contributed by atoms with Crippen molar-refractivity contribution in [1.29, 1.82) is 0 Å². The van der Waals surface area contributed by atoms with Gasteiger partial charge in [0, 0.05) is 12.8 Å². The third-order valence-corrected chi connectivity index (χ3v) is 1.79. The van der Waals surface area contributed by atoms with Gasteiger partial charge in [-0.25, -0.2) is 0 Å². The Balaban J connectivity index is 2.33. The van der Waals surface area contributed by atoms with Crippen molar-refractivity contribution in [2.24, 2.45) is 10.9 Å². The zero-order chi connectivity index (χ0) is 9.52. The summed E-state index contributed by atoms with van der Waals surface area (Å²) in [5, 5.41) is 0. The van der Waals surface area contributed by atoms with Gasteiger partial charge in [-0.05, 0) is 17.9 Å². The summed E-state index contributed by atoms with van der Waals surface area (Å²) in [6, 6.07) is 10.2. The smallest absolute Gasteiger partial charge is 0.0392 e. The first-order chi connectivity index (χ1) is 6.29. The van der Waals surface area contributed by atoms with E-state index in [0.717, 1.165) is 13.0 Å². The van der Waals surface area contributed by atoms with Crippen LogP contribution in [0.5, 0.6) is 0 Å². The summed E-state index contributed by atoms with van der Waals surface area (Å²) in [4.78, 5) is 4.32. The molecule has 0 heterocycles. The highest BCUT2D eigenvalue weighted by atomic mass is 14.7. The summed E-state index contributed by atoms with van der Waals surface area (Å²) in [6.07, 6.45) is 2.98. The first-order valence-electron chi connectivity index (χ1n) is 4.67. The second-order valence-electron chi connectivity index (χ2n) is 3.34. The number of benzene rings is 1. The van der Waals surface area contributed by atoms with Crippen LogP contribution < -0.4 is 0 Å². The van der Waals surface area contributed by atoms with Crippen LogP contribution in [0.3, 0.4) is 0 Å². The van der Waals surface area contributed by atoms with Gasteiger partial charge < -0.3 is 0 Å². The Morgan fingerprint density at radius 2 is 2.08 bits per heavy atom. The SMILES string of the molecule is [CH2]C(C)CCN=Cc1ccccc1. The molecule has 0 bridgehead atoms. The van der Waals surface area contributed by atoms with E-state index in [9.17, 15) is 0 Å². The molecule has 1 radical (unpaired) electrons. The molecule has 0 saturated heterocycles. The number of hydrogen-bond donors (Lipinski definition) is 0. The summed E-state index contributed by atoms with van der Waals surface area (Å²) in [6.45, 7) is 6.89. The van der Waals surface area contributed by atoms with Gasteiger partial charge in [0.05, 0.1) is 0 Å². The van der Waals surface area contributed by atoms with E-state index in [1.54, 1.807) is 0 Å². The highest BCUT2D eigenvalue weighted by Gasteiger charge is 1.90. The third kappa shape index (κ3) is 4.46. The molecule has 1 aromatic carbocycles. The van der Waals surface area contributed by atoms with Gasteiger partial charge in [-0.2, -0.15) is 0 Å². The molecule has 1 rings (SSSR count). The van der Waals surface area contributed by atoms with E-state index in [1.165, 1.54) is 5.56 Å². The highest BCUT2D eigenvalue weighted by Crippen LogP contribution is 1.99. The molecule has 69 valence electrons. The van der Waals surface area contributed by atoms with Gasteiger partial charge in [-0.1, -0.05) is 44.2 Å². The number of nitrogens with zero attached hydrogens (tertiary/aromatic N) is 1. The van der Waals surface area contributed by atoms with Crippen LogP contribution in [0, 0.1) is 12.8 Å². The first kappa shape index (κ1) is 9.97. The monoisotopic (exact) mass is 174 g/mol. The molecule has 0 fully saturated rings. The van der Waals surface area contributed by atoms with Gasteiger partial charge in [-0.3, -0.25) is 4.99 Å². The molecule has 0 spiro atoms. The molecule has 0 aliphatic carbocycles. The lowest BCUT2D eigenvalue weighted by molar-refractivity contribution is 0.656. The van der Waals surface area contributed by atoms with E-state index in [2.05, 4.69) is 31.0 Å². The van der Waals surface area contributed by atoms with E-state index >= 15 is 0 Å². The molecule has 0 aromatic heterocycles. The number of hydrogen-bond acceptors (Lipinski definition) is 1. The van der Waals surface area contributed by atoms with Crippen molar-refractivity contribution in [2.75, 3.05) is 6.54 Å². The zero-order valence-electron chi connectivity index (χ0n) is 8.11. The molecular weight excluding hydrogens is 158 g/mol. The minimum Gasteiger partial charge on any atom is -0.293 e. The Labute approximate surface area is 80.5 Å². The average Bonchev–Trinajstić information content (AvgIpc) is 2.14. The van der Waals surface area contributed by atoms with E-state index < -0.39 is 0 Å². The molecule has 0 N–H and O–H groups in total. The largest absolute Gasteiger partial charge is 0.293 e. The van der Waals surface area contributed by atoms with E-state index in [-0.39, 0.29) is 0 Å². The second kappa shape index (κ2) is 5.52. The van der Waals surface area contributed by atoms with Crippen molar-refractivity contribution < 1.29 is 0 Å². The predicted octanol–water partition coefficient (Wildman–Crippen LogP) is 2.97. The summed E-state index contributed by atoms with van der Waals surface area (Å²) in [5.74, 6) is 0.493. The van der Waals surface area contributed by atoms with Crippen LogP contribution in [0.2, 0.25) is 0 Å². The van der Waals surface area contributed by atoms with Gasteiger partial charge in [0.1, 0.15) is 0 Å². The minimum absolute atomic E-state index is 0.493. The van der Waals surface area contributed by atoms with Gasteiger partial charge in [0.15, 0.2) is 0 Å². The second-order valence-corrected chi connectivity index (χ2v) is 3.34. The molecule has 1 aromatic rings. The zero-order valence-corrected chi connectivity index (χ0v) is 8.11. The Kier molecular flexibility index (Phi) is 4.24. The summed E-state index contributed by atoms with van der Waals surface area (Å²) in [7, 11) is 0. The van der Waals surface area contributed by atoms with Crippen molar-refractivity contribution in [3.63, 3.8) is 0 Å². The van der Waals surface area contributed by atoms with Crippen molar-refractivity contribution in [3.05, 3.63) is 42.8 Å². The lowest BCUT2D eigenvalue weighted by Gasteiger charge is -1.98. The molecule has 1 nitrogen and oxygen atoms in total.